The van der Waals surface area contributed by atoms with Gasteiger partial charge < -0.3 is 24.8 Å². The number of pyridine rings is 2. The third-order valence-electron chi connectivity index (χ3n) is 6.35. The third kappa shape index (κ3) is 3.38. The van der Waals surface area contributed by atoms with Crippen molar-refractivity contribution in [2.45, 2.75) is 25.0 Å². The summed E-state index contributed by atoms with van der Waals surface area (Å²) in [5.74, 6) is -1.74. The minimum absolute atomic E-state index is 0.0291. The Morgan fingerprint density at radius 3 is 2.66 bits per heavy atom. The van der Waals surface area contributed by atoms with Crippen molar-refractivity contribution in [3.05, 3.63) is 63.7 Å². The Morgan fingerprint density at radius 2 is 2.06 bits per heavy atom. The SMILES string of the molecule is CN(C)c1ccc(Cn2cc(C(=O)O)c(=O)c3cc(F)c(N4C[C@@H]5C[C@H]4CN5)nc32)cc1. The summed E-state index contributed by atoms with van der Waals surface area (Å²) in [6, 6.07) is 9.41. The van der Waals surface area contributed by atoms with Gasteiger partial charge in [-0.3, -0.25) is 4.79 Å². The Balaban J connectivity index is 1.64. The lowest BCUT2D eigenvalue weighted by atomic mass is 10.1. The number of piperazine rings is 1. The first-order chi connectivity index (χ1) is 15.3. The molecule has 9 heteroatoms. The van der Waals surface area contributed by atoms with E-state index in [9.17, 15) is 14.7 Å². The molecular formula is C23H24FN5O3. The van der Waals surface area contributed by atoms with Crippen LogP contribution in [0.5, 0.6) is 0 Å². The van der Waals surface area contributed by atoms with Crippen molar-refractivity contribution in [3.8, 4) is 0 Å². The molecule has 2 N–H and O–H groups in total. The molecule has 2 bridgehead atoms. The van der Waals surface area contributed by atoms with Gasteiger partial charge in [-0.05, 0) is 30.2 Å². The molecule has 3 aromatic rings. The lowest BCUT2D eigenvalue weighted by Gasteiger charge is -2.29. The minimum Gasteiger partial charge on any atom is -0.477 e. The van der Waals surface area contributed by atoms with Gasteiger partial charge in [-0.2, -0.15) is 0 Å². The number of benzene rings is 1. The van der Waals surface area contributed by atoms with Crippen LogP contribution in [0.3, 0.4) is 0 Å². The number of carboxylic acids is 1. The molecule has 0 saturated carbocycles. The van der Waals surface area contributed by atoms with Crippen LogP contribution in [0, 0.1) is 5.82 Å². The fourth-order valence-corrected chi connectivity index (χ4v) is 4.67. The molecule has 0 amide bonds. The molecule has 166 valence electrons. The standard InChI is InChI=1S/C23H24FN5O3/c1-27(2)15-5-3-13(4-6-15)10-28-12-18(23(31)32)20(30)17-8-19(24)22(26-21(17)28)29-11-14-7-16(29)9-25-14/h3-6,8,12,14,16,25H,7,9-11H2,1-2H3,(H,31,32)/t14-,16-/m0/s1. The van der Waals surface area contributed by atoms with Crippen LogP contribution in [0.1, 0.15) is 22.3 Å². The van der Waals surface area contributed by atoms with E-state index in [2.05, 4.69) is 10.3 Å². The zero-order valence-electron chi connectivity index (χ0n) is 17.9. The molecule has 4 heterocycles. The number of anilines is 2. The van der Waals surface area contributed by atoms with Gasteiger partial charge in [-0.25, -0.2) is 14.2 Å². The van der Waals surface area contributed by atoms with Crippen molar-refractivity contribution in [2.24, 2.45) is 0 Å². The highest BCUT2D eigenvalue weighted by atomic mass is 19.1. The van der Waals surface area contributed by atoms with Gasteiger partial charge >= 0.3 is 5.97 Å². The van der Waals surface area contributed by atoms with Crippen molar-refractivity contribution >= 4 is 28.5 Å². The number of rotatable bonds is 5. The molecule has 32 heavy (non-hydrogen) atoms. The summed E-state index contributed by atoms with van der Waals surface area (Å²) in [4.78, 5) is 33.0. The Kier molecular flexibility index (Phi) is 4.85. The number of nitrogens with one attached hydrogen (secondary N) is 1. The summed E-state index contributed by atoms with van der Waals surface area (Å²) < 4.78 is 16.7. The molecule has 0 spiro atoms. The van der Waals surface area contributed by atoms with Gasteiger partial charge in [0.25, 0.3) is 0 Å². The zero-order valence-corrected chi connectivity index (χ0v) is 17.9. The second-order valence-corrected chi connectivity index (χ2v) is 8.68. The summed E-state index contributed by atoms with van der Waals surface area (Å²) >= 11 is 0. The number of hydrogen-bond donors (Lipinski definition) is 2. The van der Waals surface area contributed by atoms with Crippen LogP contribution < -0.4 is 20.5 Å². The maximum absolute atomic E-state index is 15.1. The highest BCUT2D eigenvalue weighted by Gasteiger charge is 2.39. The van der Waals surface area contributed by atoms with Crippen LogP contribution in [0.15, 0.2) is 41.3 Å². The number of aromatic nitrogens is 2. The van der Waals surface area contributed by atoms with Crippen molar-refractivity contribution in [2.75, 3.05) is 37.0 Å². The Morgan fingerprint density at radius 1 is 1.31 bits per heavy atom. The Bertz CT molecular complexity index is 1270. The van der Waals surface area contributed by atoms with E-state index in [-0.39, 0.29) is 22.9 Å². The van der Waals surface area contributed by atoms with Gasteiger partial charge in [0.05, 0.1) is 5.39 Å². The number of carbonyl (C=O) groups is 1. The normalized spacial score (nSPS) is 19.7. The first-order valence-electron chi connectivity index (χ1n) is 10.5. The number of aromatic carboxylic acids is 1. The molecule has 2 aliphatic rings. The van der Waals surface area contributed by atoms with E-state index in [1.807, 2.05) is 48.2 Å². The van der Waals surface area contributed by atoms with Crippen LogP contribution in [0.2, 0.25) is 0 Å². The van der Waals surface area contributed by atoms with Gasteiger partial charge in [0.2, 0.25) is 5.43 Å². The number of nitrogens with zero attached hydrogens (tertiary/aromatic N) is 4. The fraction of sp³-hybridized carbons (Fsp3) is 0.348. The first kappa shape index (κ1) is 20.4. The van der Waals surface area contributed by atoms with Crippen LogP contribution in [-0.4, -0.2) is 59.9 Å². The van der Waals surface area contributed by atoms with Gasteiger partial charge in [0.15, 0.2) is 11.6 Å². The van der Waals surface area contributed by atoms with E-state index < -0.39 is 22.8 Å². The highest BCUT2D eigenvalue weighted by Crippen LogP contribution is 2.31. The quantitative estimate of drug-likeness (QED) is 0.630. The third-order valence-corrected chi connectivity index (χ3v) is 6.35. The van der Waals surface area contributed by atoms with Crippen molar-refractivity contribution < 1.29 is 14.3 Å². The maximum Gasteiger partial charge on any atom is 0.341 e. The largest absolute Gasteiger partial charge is 0.477 e. The van der Waals surface area contributed by atoms with Gasteiger partial charge in [-0.15, -0.1) is 0 Å². The molecule has 0 unspecified atom stereocenters. The second kappa shape index (κ2) is 7.59. The molecule has 0 aliphatic carbocycles. The van der Waals surface area contributed by atoms with Gasteiger partial charge in [0, 0.05) is 57.7 Å². The molecular weight excluding hydrogens is 413 g/mol. The molecule has 2 aromatic heterocycles. The predicted molar refractivity (Wildman–Crippen MR) is 120 cm³/mol. The highest BCUT2D eigenvalue weighted by molar-refractivity contribution is 5.92. The van der Waals surface area contributed by atoms with E-state index in [1.54, 1.807) is 4.57 Å². The molecule has 8 nitrogen and oxygen atoms in total. The topological polar surface area (TPSA) is 90.7 Å². The van der Waals surface area contributed by atoms with Crippen LogP contribution >= 0.6 is 0 Å². The minimum atomic E-state index is -1.35. The first-order valence-corrected chi connectivity index (χ1v) is 10.5. The van der Waals surface area contributed by atoms with Crippen molar-refractivity contribution in [1.82, 2.24) is 14.9 Å². The summed E-state index contributed by atoms with van der Waals surface area (Å²) in [6.07, 6.45) is 2.24. The predicted octanol–water partition coefficient (Wildman–Crippen LogP) is 1.90. The van der Waals surface area contributed by atoms with Gasteiger partial charge in [0.1, 0.15) is 11.2 Å². The van der Waals surface area contributed by atoms with Crippen molar-refractivity contribution in [3.63, 3.8) is 0 Å². The maximum atomic E-state index is 15.1. The second-order valence-electron chi connectivity index (χ2n) is 8.68. The number of fused-ring (bicyclic) bond motifs is 3. The zero-order chi connectivity index (χ0) is 22.6. The Labute approximate surface area is 183 Å². The molecule has 2 fully saturated rings. The smallest absolute Gasteiger partial charge is 0.341 e. The molecule has 0 radical (unpaired) electrons. The average Bonchev–Trinajstić information content (AvgIpc) is 3.39. The summed E-state index contributed by atoms with van der Waals surface area (Å²) in [6.45, 7) is 1.73. The van der Waals surface area contributed by atoms with E-state index in [1.165, 1.54) is 6.20 Å². The summed E-state index contributed by atoms with van der Waals surface area (Å²) in [5, 5.41) is 12.9. The molecule has 2 atom stereocenters. The molecule has 2 aliphatic heterocycles. The van der Waals surface area contributed by atoms with E-state index in [0.29, 0.717) is 19.1 Å². The summed E-state index contributed by atoms with van der Waals surface area (Å²) in [5.41, 5.74) is 1.10. The molecule has 5 rings (SSSR count). The molecule has 1 aromatic carbocycles. The molecule has 2 saturated heterocycles. The van der Waals surface area contributed by atoms with Crippen molar-refractivity contribution in [1.29, 1.82) is 0 Å². The average molecular weight is 437 g/mol. The summed E-state index contributed by atoms with van der Waals surface area (Å²) in [7, 11) is 3.90. The monoisotopic (exact) mass is 437 g/mol. The number of halogens is 1. The van der Waals surface area contributed by atoms with E-state index in [4.69, 9.17) is 0 Å². The van der Waals surface area contributed by atoms with Crippen LogP contribution in [0.4, 0.5) is 15.9 Å². The van der Waals surface area contributed by atoms with Gasteiger partial charge in [-0.1, -0.05) is 12.1 Å². The fourth-order valence-electron chi connectivity index (χ4n) is 4.67. The Hall–Kier alpha value is -3.46. The lowest BCUT2D eigenvalue weighted by Crippen LogP contribution is -2.44. The van der Waals surface area contributed by atoms with Crippen LogP contribution in [-0.2, 0) is 6.54 Å². The lowest BCUT2D eigenvalue weighted by molar-refractivity contribution is 0.0695. The van der Waals surface area contributed by atoms with E-state index in [0.717, 1.165) is 30.3 Å². The number of hydrogen-bond acceptors (Lipinski definition) is 6. The number of carboxylic acid groups (broad SMARTS) is 1. The van der Waals surface area contributed by atoms with Crippen LogP contribution in [0.25, 0.3) is 11.0 Å². The van der Waals surface area contributed by atoms with E-state index >= 15 is 4.39 Å².